The van der Waals surface area contributed by atoms with E-state index in [1.165, 1.54) is 12.1 Å². The van der Waals surface area contributed by atoms with Crippen molar-refractivity contribution in [3.8, 4) is 0 Å². The molecule has 2 aromatic rings. The molecule has 132 valence electrons. The van der Waals surface area contributed by atoms with Crippen molar-refractivity contribution in [2.45, 2.75) is 19.4 Å². The highest BCUT2D eigenvalue weighted by Crippen LogP contribution is 2.29. The van der Waals surface area contributed by atoms with E-state index in [0.29, 0.717) is 29.8 Å². The SMILES string of the molecule is Cc1cccc(C2CN(C(=O)CNCc3ccc(F)cc3F)C2)c1F. The first kappa shape index (κ1) is 17.5. The summed E-state index contributed by atoms with van der Waals surface area (Å²) in [4.78, 5) is 13.7. The molecule has 1 fully saturated rings. The van der Waals surface area contributed by atoms with Gasteiger partial charge < -0.3 is 10.2 Å². The van der Waals surface area contributed by atoms with Gasteiger partial charge in [-0.15, -0.1) is 0 Å². The summed E-state index contributed by atoms with van der Waals surface area (Å²) in [5, 5.41) is 2.86. The van der Waals surface area contributed by atoms with Crippen LogP contribution in [0.5, 0.6) is 0 Å². The maximum Gasteiger partial charge on any atom is 0.236 e. The lowest BCUT2D eigenvalue weighted by atomic mass is 9.90. The monoisotopic (exact) mass is 348 g/mol. The molecule has 1 amide bonds. The van der Waals surface area contributed by atoms with E-state index in [1.54, 1.807) is 24.0 Å². The zero-order chi connectivity index (χ0) is 18.0. The third-order valence-corrected chi connectivity index (χ3v) is 4.50. The largest absolute Gasteiger partial charge is 0.340 e. The fourth-order valence-corrected chi connectivity index (χ4v) is 2.95. The molecule has 3 rings (SSSR count). The van der Waals surface area contributed by atoms with E-state index in [2.05, 4.69) is 5.32 Å². The molecule has 1 aliphatic heterocycles. The molecule has 0 unspecified atom stereocenters. The van der Waals surface area contributed by atoms with Crippen molar-refractivity contribution in [1.29, 1.82) is 0 Å². The number of hydrogen-bond donors (Lipinski definition) is 1. The summed E-state index contributed by atoms with van der Waals surface area (Å²) in [5.74, 6) is -1.58. The second-order valence-corrected chi connectivity index (χ2v) is 6.31. The predicted octanol–water partition coefficient (Wildman–Crippen LogP) is 3.13. The number of amides is 1. The Balaban J connectivity index is 1.47. The van der Waals surface area contributed by atoms with E-state index in [1.807, 2.05) is 6.07 Å². The first-order valence-corrected chi connectivity index (χ1v) is 8.13. The van der Waals surface area contributed by atoms with Crippen LogP contribution in [-0.4, -0.2) is 30.4 Å². The van der Waals surface area contributed by atoms with E-state index >= 15 is 0 Å². The molecule has 0 bridgehead atoms. The van der Waals surface area contributed by atoms with Crippen LogP contribution in [0.15, 0.2) is 36.4 Å². The highest BCUT2D eigenvalue weighted by atomic mass is 19.1. The molecular weight excluding hydrogens is 329 g/mol. The van der Waals surface area contributed by atoms with E-state index in [0.717, 1.165) is 6.07 Å². The van der Waals surface area contributed by atoms with Crippen LogP contribution in [0.3, 0.4) is 0 Å². The highest BCUT2D eigenvalue weighted by molar-refractivity contribution is 5.79. The van der Waals surface area contributed by atoms with Gasteiger partial charge in [0.15, 0.2) is 0 Å². The van der Waals surface area contributed by atoms with Crippen molar-refractivity contribution in [2.75, 3.05) is 19.6 Å². The minimum atomic E-state index is -0.640. The van der Waals surface area contributed by atoms with Gasteiger partial charge in [0.1, 0.15) is 17.5 Å². The number of nitrogens with one attached hydrogen (secondary N) is 1. The Labute approximate surface area is 144 Å². The summed E-state index contributed by atoms with van der Waals surface area (Å²) in [5.41, 5.74) is 1.55. The first-order valence-electron chi connectivity index (χ1n) is 8.13. The molecular formula is C19H19F3N2O. The number of carbonyl (C=O) groups excluding carboxylic acids is 1. The number of nitrogens with zero attached hydrogens (tertiary/aromatic N) is 1. The van der Waals surface area contributed by atoms with Crippen LogP contribution >= 0.6 is 0 Å². The number of rotatable bonds is 5. The lowest BCUT2D eigenvalue weighted by Crippen LogP contribution is -2.51. The molecule has 0 aromatic heterocycles. The standard InChI is InChI=1S/C19H19F3N2O/c1-12-3-2-4-16(19(12)22)14-10-24(11-14)18(25)9-23-8-13-5-6-15(20)7-17(13)21/h2-7,14,23H,8-11H2,1H3. The van der Waals surface area contributed by atoms with Gasteiger partial charge >= 0.3 is 0 Å². The van der Waals surface area contributed by atoms with Gasteiger partial charge in [-0.1, -0.05) is 24.3 Å². The van der Waals surface area contributed by atoms with Crippen LogP contribution in [0.25, 0.3) is 0 Å². The van der Waals surface area contributed by atoms with Crippen molar-refractivity contribution in [2.24, 2.45) is 0 Å². The fourth-order valence-electron chi connectivity index (χ4n) is 2.95. The Bertz CT molecular complexity index is 788. The van der Waals surface area contributed by atoms with E-state index in [4.69, 9.17) is 0 Å². The Hall–Kier alpha value is -2.34. The van der Waals surface area contributed by atoms with Crippen molar-refractivity contribution in [3.05, 3.63) is 70.5 Å². The third-order valence-electron chi connectivity index (χ3n) is 4.50. The molecule has 0 saturated carbocycles. The molecule has 0 radical (unpaired) electrons. The van der Waals surface area contributed by atoms with Crippen LogP contribution in [0.4, 0.5) is 13.2 Å². The molecule has 1 saturated heterocycles. The Morgan fingerprint density at radius 1 is 1.20 bits per heavy atom. The van der Waals surface area contributed by atoms with E-state index in [9.17, 15) is 18.0 Å². The summed E-state index contributed by atoms with van der Waals surface area (Å²) in [6, 6.07) is 8.64. The number of carbonyl (C=O) groups is 1. The predicted molar refractivity (Wildman–Crippen MR) is 88.5 cm³/mol. The highest BCUT2D eigenvalue weighted by Gasteiger charge is 2.33. The number of benzene rings is 2. The van der Waals surface area contributed by atoms with Crippen molar-refractivity contribution in [1.82, 2.24) is 10.2 Å². The molecule has 3 nitrogen and oxygen atoms in total. The van der Waals surface area contributed by atoms with Crippen molar-refractivity contribution >= 4 is 5.91 Å². The van der Waals surface area contributed by atoms with Gasteiger partial charge in [-0.3, -0.25) is 4.79 Å². The number of halogens is 3. The molecule has 6 heteroatoms. The zero-order valence-corrected chi connectivity index (χ0v) is 13.9. The summed E-state index contributed by atoms with van der Waals surface area (Å²) in [6.07, 6.45) is 0. The van der Waals surface area contributed by atoms with Gasteiger partial charge in [0.05, 0.1) is 6.54 Å². The van der Waals surface area contributed by atoms with E-state index in [-0.39, 0.29) is 30.7 Å². The van der Waals surface area contributed by atoms with Crippen molar-refractivity contribution in [3.63, 3.8) is 0 Å². The lowest BCUT2D eigenvalue weighted by Gasteiger charge is -2.40. The van der Waals surface area contributed by atoms with Crippen LogP contribution in [0, 0.1) is 24.4 Å². The van der Waals surface area contributed by atoms with Crippen molar-refractivity contribution < 1.29 is 18.0 Å². The molecule has 0 spiro atoms. The summed E-state index contributed by atoms with van der Waals surface area (Å²) < 4.78 is 40.4. The minimum absolute atomic E-state index is 0.0124. The van der Waals surface area contributed by atoms with Gasteiger partial charge in [-0.05, 0) is 24.1 Å². The van der Waals surface area contributed by atoms with Gasteiger partial charge in [0.2, 0.25) is 5.91 Å². The molecule has 1 aliphatic rings. The Kier molecular flexibility index (Phi) is 5.08. The summed E-state index contributed by atoms with van der Waals surface area (Å²) in [7, 11) is 0. The summed E-state index contributed by atoms with van der Waals surface area (Å²) >= 11 is 0. The van der Waals surface area contributed by atoms with Crippen LogP contribution < -0.4 is 5.32 Å². The molecule has 1 heterocycles. The fraction of sp³-hybridized carbons (Fsp3) is 0.316. The Morgan fingerprint density at radius 2 is 1.96 bits per heavy atom. The second kappa shape index (κ2) is 7.27. The number of hydrogen-bond acceptors (Lipinski definition) is 2. The normalized spacial score (nSPS) is 14.5. The van der Waals surface area contributed by atoms with E-state index < -0.39 is 11.6 Å². The molecule has 1 N–H and O–H groups in total. The molecule has 0 aliphatic carbocycles. The third kappa shape index (κ3) is 3.85. The van der Waals surface area contributed by atoms with Crippen LogP contribution in [0.2, 0.25) is 0 Å². The number of likely N-dealkylation sites (tertiary alicyclic amines) is 1. The lowest BCUT2D eigenvalue weighted by molar-refractivity contribution is -0.134. The maximum atomic E-state index is 14.1. The van der Waals surface area contributed by atoms with Gasteiger partial charge in [-0.25, -0.2) is 13.2 Å². The molecule has 0 atom stereocenters. The average molecular weight is 348 g/mol. The minimum Gasteiger partial charge on any atom is -0.340 e. The first-order chi connectivity index (χ1) is 12.0. The van der Waals surface area contributed by atoms with Crippen LogP contribution in [0.1, 0.15) is 22.6 Å². The summed E-state index contributed by atoms with van der Waals surface area (Å²) in [6.45, 7) is 2.87. The topological polar surface area (TPSA) is 32.3 Å². The maximum absolute atomic E-state index is 14.1. The molecule has 25 heavy (non-hydrogen) atoms. The number of aryl methyl sites for hydroxylation is 1. The van der Waals surface area contributed by atoms with Gasteiger partial charge in [0.25, 0.3) is 0 Å². The van der Waals surface area contributed by atoms with Gasteiger partial charge in [-0.2, -0.15) is 0 Å². The molecule has 2 aromatic carbocycles. The average Bonchev–Trinajstić information content (AvgIpc) is 2.52. The quantitative estimate of drug-likeness (QED) is 0.900. The smallest absolute Gasteiger partial charge is 0.236 e. The zero-order valence-electron chi connectivity index (χ0n) is 13.9. The second-order valence-electron chi connectivity index (χ2n) is 6.31. The Morgan fingerprint density at radius 3 is 2.68 bits per heavy atom. The van der Waals surface area contributed by atoms with Gasteiger partial charge in [0, 0.05) is 37.2 Å². The van der Waals surface area contributed by atoms with Crippen LogP contribution in [-0.2, 0) is 11.3 Å².